The first-order valence-electron chi connectivity index (χ1n) is 7.88. The van der Waals surface area contributed by atoms with E-state index in [-0.39, 0.29) is 7.43 Å². The van der Waals surface area contributed by atoms with Gasteiger partial charge in [-0.2, -0.15) is 0 Å². The Morgan fingerprint density at radius 3 is 2.04 bits per heavy atom. The fraction of sp³-hybridized carbons (Fsp3) is 1.00. The first-order chi connectivity index (χ1) is 11.1. The average molecular weight is 370 g/mol. The van der Waals surface area contributed by atoms with Crippen LogP contribution in [0.15, 0.2) is 0 Å². The van der Waals surface area contributed by atoms with Crippen LogP contribution in [0.25, 0.3) is 0 Å². The monoisotopic (exact) mass is 370 g/mol. The van der Waals surface area contributed by atoms with Gasteiger partial charge in [0.2, 0.25) is 5.79 Å². The van der Waals surface area contributed by atoms with Crippen LogP contribution in [-0.2, 0) is 14.2 Å². The second-order valence-corrected chi connectivity index (χ2v) is 6.31. The number of rotatable bonds is 4. The maximum atomic E-state index is 9.91. The van der Waals surface area contributed by atoms with Crippen molar-refractivity contribution in [1.82, 2.24) is 0 Å². The molecule has 2 aliphatic rings. The SMILES string of the molecule is C.CCC1O[C@@H](OCC2O[C@@H](C)C(O)C(O)(O)[C@@H]2O)C(O)[C@H](O)[C@@H]1O. The normalized spacial score (nSPS) is 47.2. The average Bonchev–Trinajstić information content (AvgIpc) is 2.55. The van der Waals surface area contributed by atoms with Gasteiger partial charge in [0, 0.05) is 0 Å². The largest absolute Gasteiger partial charge is 0.388 e. The molecule has 0 aromatic carbocycles. The Morgan fingerprint density at radius 1 is 0.880 bits per heavy atom. The molecular formula is C15H30O10. The Kier molecular flexibility index (Phi) is 7.72. The molecule has 150 valence electrons. The predicted molar refractivity (Wildman–Crippen MR) is 83.2 cm³/mol. The van der Waals surface area contributed by atoms with Crippen molar-refractivity contribution in [2.45, 2.75) is 88.6 Å². The summed E-state index contributed by atoms with van der Waals surface area (Å²) in [5.41, 5.74) is 0. The van der Waals surface area contributed by atoms with E-state index < -0.39 is 67.5 Å². The molecule has 0 amide bonds. The van der Waals surface area contributed by atoms with Crippen molar-refractivity contribution in [3.8, 4) is 0 Å². The fourth-order valence-corrected chi connectivity index (χ4v) is 2.93. The molecule has 25 heavy (non-hydrogen) atoms. The van der Waals surface area contributed by atoms with Crippen molar-refractivity contribution in [1.29, 1.82) is 0 Å². The molecule has 0 aromatic rings. The zero-order valence-electron chi connectivity index (χ0n) is 13.5. The van der Waals surface area contributed by atoms with Gasteiger partial charge >= 0.3 is 0 Å². The Morgan fingerprint density at radius 2 is 1.48 bits per heavy atom. The van der Waals surface area contributed by atoms with Crippen molar-refractivity contribution in [2.24, 2.45) is 0 Å². The van der Waals surface area contributed by atoms with Gasteiger partial charge in [0.25, 0.3) is 0 Å². The molecule has 7 N–H and O–H groups in total. The van der Waals surface area contributed by atoms with Crippen molar-refractivity contribution in [3.05, 3.63) is 0 Å². The van der Waals surface area contributed by atoms with Gasteiger partial charge in [-0.25, -0.2) is 0 Å². The number of ether oxygens (including phenoxy) is 3. The minimum absolute atomic E-state index is 0. The minimum Gasteiger partial charge on any atom is -0.388 e. The van der Waals surface area contributed by atoms with E-state index in [2.05, 4.69) is 0 Å². The molecule has 10 nitrogen and oxygen atoms in total. The highest BCUT2D eigenvalue weighted by Crippen LogP contribution is 2.29. The second-order valence-electron chi connectivity index (χ2n) is 6.31. The highest BCUT2D eigenvalue weighted by Gasteiger charge is 2.53. The highest BCUT2D eigenvalue weighted by molar-refractivity contribution is 4.96. The zero-order valence-corrected chi connectivity index (χ0v) is 13.5. The van der Waals surface area contributed by atoms with E-state index in [4.69, 9.17) is 14.2 Å². The summed E-state index contributed by atoms with van der Waals surface area (Å²) < 4.78 is 15.9. The summed E-state index contributed by atoms with van der Waals surface area (Å²) in [5.74, 6) is -2.78. The smallest absolute Gasteiger partial charge is 0.221 e. The van der Waals surface area contributed by atoms with Crippen molar-refractivity contribution in [2.75, 3.05) is 6.61 Å². The van der Waals surface area contributed by atoms with Gasteiger partial charge < -0.3 is 50.0 Å². The van der Waals surface area contributed by atoms with Crippen molar-refractivity contribution in [3.63, 3.8) is 0 Å². The van der Waals surface area contributed by atoms with Crippen LogP contribution >= 0.6 is 0 Å². The topological polar surface area (TPSA) is 169 Å². The van der Waals surface area contributed by atoms with Gasteiger partial charge in [-0.1, -0.05) is 14.4 Å². The van der Waals surface area contributed by atoms with Crippen LogP contribution in [0.3, 0.4) is 0 Å². The van der Waals surface area contributed by atoms with Gasteiger partial charge in [-0.15, -0.1) is 0 Å². The van der Waals surface area contributed by atoms with E-state index in [0.717, 1.165) is 0 Å². The number of hydrogen-bond acceptors (Lipinski definition) is 10. The molecule has 2 saturated heterocycles. The summed E-state index contributed by atoms with van der Waals surface area (Å²) >= 11 is 0. The third-order valence-corrected chi connectivity index (χ3v) is 4.55. The van der Waals surface area contributed by atoms with Crippen molar-refractivity contribution >= 4 is 0 Å². The number of aliphatic hydroxyl groups excluding tert-OH is 5. The summed E-state index contributed by atoms with van der Waals surface area (Å²) in [5, 5.41) is 68.6. The molecule has 0 saturated carbocycles. The minimum atomic E-state index is -2.78. The summed E-state index contributed by atoms with van der Waals surface area (Å²) in [4.78, 5) is 0. The standard InChI is InChI=1S/C14H26O10.CH4/c1-3-6-8(15)9(16)10(17)13(24-6)22-4-7-12(19)14(20,21)11(18)5(2)23-7;/h5-13,15-21H,3-4H2,1-2H3;1H4/t5-,6?,7?,8+,9+,10?,11?,12+,13+;/m0./s1. The summed E-state index contributed by atoms with van der Waals surface area (Å²) in [7, 11) is 0. The van der Waals surface area contributed by atoms with Gasteiger partial charge in [0.15, 0.2) is 6.29 Å². The maximum Gasteiger partial charge on any atom is 0.221 e. The Balaban J connectivity index is 0.00000312. The van der Waals surface area contributed by atoms with Crippen LogP contribution in [-0.4, -0.2) is 103 Å². The number of aliphatic hydroxyl groups is 7. The summed E-state index contributed by atoms with van der Waals surface area (Å²) in [6, 6.07) is 0. The third-order valence-electron chi connectivity index (χ3n) is 4.55. The van der Waals surface area contributed by atoms with E-state index in [1.807, 2.05) is 0 Å². The summed E-state index contributed by atoms with van der Waals surface area (Å²) in [6.45, 7) is 2.71. The van der Waals surface area contributed by atoms with Crippen LogP contribution in [0.5, 0.6) is 0 Å². The van der Waals surface area contributed by atoms with E-state index in [0.29, 0.717) is 6.42 Å². The maximum absolute atomic E-state index is 9.91. The van der Waals surface area contributed by atoms with Crippen LogP contribution < -0.4 is 0 Å². The quantitative estimate of drug-likeness (QED) is 0.254. The molecule has 2 fully saturated rings. The van der Waals surface area contributed by atoms with Crippen LogP contribution in [0.2, 0.25) is 0 Å². The first-order valence-corrected chi connectivity index (χ1v) is 7.88. The molecular weight excluding hydrogens is 340 g/mol. The predicted octanol–water partition coefficient (Wildman–Crippen LogP) is -2.95. The Hall–Kier alpha value is -0.400. The fourth-order valence-electron chi connectivity index (χ4n) is 2.93. The zero-order chi connectivity index (χ0) is 18.2. The van der Waals surface area contributed by atoms with Crippen LogP contribution in [0.1, 0.15) is 27.7 Å². The Labute approximate surface area is 146 Å². The molecule has 2 rings (SSSR count). The van der Waals surface area contributed by atoms with Gasteiger partial charge in [0.1, 0.15) is 36.6 Å². The molecule has 0 bridgehead atoms. The van der Waals surface area contributed by atoms with E-state index in [1.165, 1.54) is 6.92 Å². The molecule has 0 spiro atoms. The first kappa shape index (κ1) is 22.6. The van der Waals surface area contributed by atoms with Crippen molar-refractivity contribution < 1.29 is 50.0 Å². The second kappa shape index (κ2) is 8.53. The van der Waals surface area contributed by atoms with E-state index in [1.54, 1.807) is 6.92 Å². The molecule has 10 heteroatoms. The van der Waals surface area contributed by atoms with Gasteiger partial charge in [0.05, 0.1) is 18.8 Å². The highest BCUT2D eigenvalue weighted by atomic mass is 16.7. The molecule has 4 unspecified atom stereocenters. The van der Waals surface area contributed by atoms with Gasteiger partial charge in [-0.3, -0.25) is 0 Å². The molecule has 0 aliphatic carbocycles. The lowest BCUT2D eigenvalue weighted by Gasteiger charge is -2.45. The van der Waals surface area contributed by atoms with E-state index in [9.17, 15) is 35.7 Å². The molecule has 2 heterocycles. The number of hydrogen-bond donors (Lipinski definition) is 7. The van der Waals surface area contributed by atoms with Crippen LogP contribution in [0, 0.1) is 0 Å². The van der Waals surface area contributed by atoms with E-state index >= 15 is 0 Å². The molecule has 0 radical (unpaired) electrons. The lowest BCUT2D eigenvalue weighted by Crippen LogP contribution is -2.67. The molecule has 9 atom stereocenters. The van der Waals surface area contributed by atoms with Crippen LogP contribution in [0.4, 0.5) is 0 Å². The molecule has 0 aromatic heterocycles. The summed E-state index contributed by atoms with van der Waals surface area (Å²) in [6.07, 6.45) is -11.7. The lowest BCUT2D eigenvalue weighted by molar-refractivity contribution is -0.359. The lowest BCUT2D eigenvalue weighted by atomic mass is 9.92. The molecule has 2 aliphatic heterocycles. The van der Waals surface area contributed by atoms with Gasteiger partial charge in [-0.05, 0) is 13.3 Å². The third kappa shape index (κ3) is 4.30. The Bertz CT molecular complexity index is 417.